The predicted molar refractivity (Wildman–Crippen MR) is 78.8 cm³/mol. The lowest BCUT2D eigenvalue weighted by atomic mass is 10.3. The molecule has 108 valence electrons. The van der Waals surface area contributed by atoms with Crippen molar-refractivity contribution in [3.8, 4) is 0 Å². The summed E-state index contributed by atoms with van der Waals surface area (Å²) in [5, 5.41) is 12.4. The van der Waals surface area contributed by atoms with Gasteiger partial charge in [0.25, 0.3) is 0 Å². The highest BCUT2D eigenvalue weighted by atomic mass is 32.2. The highest BCUT2D eigenvalue weighted by Gasteiger charge is 2.26. The molecule has 0 bridgehead atoms. The van der Waals surface area contributed by atoms with Gasteiger partial charge in [0.15, 0.2) is 20.6 Å². The summed E-state index contributed by atoms with van der Waals surface area (Å²) >= 11 is 1.62. The number of fused-ring (bicyclic) bond motifs is 1. The highest BCUT2D eigenvalue weighted by Crippen LogP contribution is 2.16. The molecule has 1 saturated heterocycles. The van der Waals surface area contributed by atoms with E-state index in [9.17, 15) is 8.42 Å². The van der Waals surface area contributed by atoms with Gasteiger partial charge in [-0.2, -0.15) is 0 Å². The topological polar surface area (TPSA) is 76.4 Å². The van der Waals surface area contributed by atoms with Gasteiger partial charge in [0, 0.05) is 24.5 Å². The van der Waals surface area contributed by atoms with Crippen LogP contribution >= 0.6 is 11.8 Å². The number of sulfone groups is 1. The van der Waals surface area contributed by atoms with Crippen LogP contribution in [0.25, 0.3) is 5.65 Å². The molecule has 20 heavy (non-hydrogen) atoms. The summed E-state index contributed by atoms with van der Waals surface area (Å²) in [5.41, 5.74) is 0.838. The standard InChI is InChI=1S/C12H16N4O2S2/c17-20(18)8-4-10(9-20)13-5-7-19-12-15-14-11-3-1-2-6-16(11)12/h1-3,6,10,13H,4-5,7-9H2. The first-order valence-electron chi connectivity index (χ1n) is 6.50. The van der Waals surface area contributed by atoms with Crippen LogP contribution in [0.15, 0.2) is 29.6 Å². The molecule has 3 rings (SSSR count). The molecule has 1 aliphatic rings. The summed E-state index contributed by atoms with van der Waals surface area (Å²) in [4.78, 5) is 0. The molecule has 1 unspecified atom stereocenters. The Balaban J connectivity index is 1.49. The first-order chi connectivity index (χ1) is 9.64. The van der Waals surface area contributed by atoms with Crippen molar-refractivity contribution in [1.82, 2.24) is 19.9 Å². The monoisotopic (exact) mass is 312 g/mol. The van der Waals surface area contributed by atoms with Gasteiger partial charge in [0.05, 0.1) is 11.5 Å². The van der Waals surface area contributed by atoms with Crippen molar-refractivity contribution in [3.63, 3.8) is 0 Å². The largest absolute Gasteiger partial charge is 0.312 e. The van der Waals surface area contributed by atoms with Gasteiger partial charge in [-0.3, -0.25) is 4.40 Å². The molecule has 1 fully saturated rings. The van der Waals surface area contributed by atoms with Crippen LogP contribution in [0.1, 0.15) is 6.42 Å². The number of hydrogen-bond donors (Lipinski definition) is 1. The van der Waals surface area contributed by atoms with Gasteiger partial charge >= 0.3 is 0 Å². The molecular formula is C12H16N4O2S2. The van der Waals surface area contributed by atoms with Crippen molar-refractivity contribution in [1.29, 1.82) is 0 Å². The Bertz CT molecular complexity index is 698. The van der Waals surface area contributed by atoms with Crippen LogP contribution in [0, 0.1) is 0 Å². The normalized spacial score (nSPS) is 21.5. The Hall–Kier alpha value is -1.12. The molecule has 8 heteroatoms. The lowest BCUT2D eigenvalue weighted by molar-refractivity contribution is 0.574. The minimum absolute atomic E-state index is 0.107. The summed E-state index contributed by atoms with van der Waals surface area (Å²) in [6, 6.07) is 5.90. The zero-order chi connectivity index (χ0) is 14.0. The van der Waals surface area contributed by atoms with E-state index in [2.05, 4.69) is 15.5 Å². The number of hydrogen-bond acceptors (Lipinski definition) is 6. The maximum atomic E-state index is 11.3. The van der Waals surface area contributed by atoms with Crippen molar-refractivity contribution in [2.24, 2.45) is 0 Å². The molecule has 6 nitrogen and oxygen atoms in total. The summed E-state index contributed by atoms with van der Waals surface area (Å²) in [7, 11) is -2.80. The van der Waals surface area contributed by atoms with Crippen molar-refractivity contribution in [2.45, 2.75) is 17.6 Å². The van der Waals surface area contributed by atoms with Gasteiger partial charge < -0.3 is 5.32 Å². The van der Waals surface area contributed by atoms with E-state index >= 15 is 0 Å². The molecule has 1 N–H and O–H groups in total. The van der Waals surface area contributed by atoms with Crippen LogP contribution in [-0.2, 0) is 9.84 Å². The van der Waals surface area contributed by atoms with Crippen molar-refractivity contribution < 1.29 is 8.42 Å². The second-order valence-electron chi connectivity index (χ2n) is 4.81. The molecule has 2 aromatic heterocycles. The van der Waals surface area contributed by atoms with Gasteiger partial charge in [-0.1, -0.05) is 17.8 Å². The smallest absolute Gasteiger partial charge is 0.195 e. The quantitative estimate of drug-likeness (QED) is 0.643. The lowest BCUT2D eigenvalue weighted by Crippen LogP contribution is -2.31. The van der Waals surface area contributed by atoms with Gasteiger partial charge in [-0.15, -0.1) is 10.2 Å². The molecule has 0 aromatic carbocycles. The summed E-state index contributed by atoms with van der Waals surface area (Å²) in [6.45, 7) is 0.770. The Morgan fingerprint density at radius 3 is 3.10 bits per heavy atom. The van der Waals surface area contributed by atoms with E-state index in [0.717, 1.165) is 29.5 Å². The van der Waals surface area contributed by atoms with Crippen LogP contribution in [0.2, 0.25) is 0 Å². The Kier molecular flexibility index (Phi) is 3.95. The maximum absolute atomic E-state index is 11.3. The van der Waals surface area contributed by atoms with E-state index in [4.69, 9.17) is 0 Å². The van der Waals surface area contributed by atoms with Crippen molar-refractivity contribution in [3.05, 3.63) is 24.4 Å². The molecule has 0 spiro atoms. The van der Waals surface area contributed by atoms with Crippen LogP contribution in [-0.4, -0.2) is 52.9 Å². The lowest BCUT2D eigenvalue weighted by Gasteiger charge is -2.09. The SMILES string of the molecule is O=S1(=O)CCC(NCCSc2nnc3ccccn23)C1. The van der Waals surface area contributed by atoms with Gasteiger partial charge in [-0.25, -0.2) is 8.42 Å². The zero-order valence-corrected chi connectivity index (χ0v) is 12.5. The fourth-order valence-electron chi connectivity index (χ4n) is 2.28. The summed E-state index contributed by atoms with van der Waals surface area (Å²) in [5.74, 6) is 1.42. The number of aromatic nitrogens is 3. The van der Waals surface area contributed by atoms with Crippen LogP contribution < -0.4 is 5.32 Å². The maximum Gasteiger partial charge on any atom is 0.195 e. The summed E-state index contributed by atoms with van der Waals surface area (Å²) in [6.07, 6.45) is 2.66. The molecule has 0 aliphatic carbocycles. The minimum atomic E-state index is -2.80. The van der Waals surface area contributed by atoms with Gasteiger partial charge in [-0.05, 0) is 18.6 Å². The molecule has 3 heterocycles. The number of nitrogens with zero attached hydrogens (tertiary/aromatic N) is 3. The summed E-state index contributed by atoms with van der Waals surface area (Å²) < 4.78 is 24.6. The number of pyridine rings is 1. The fraction of sp³-hybridized carbons (Fsp3) is 0.500. The van der Waals surface area contributed by atoms with Gasteiger partial charge in [0.1, 0.15) is 0 Å². The Morgan fingerprint density at radius 2 is 2.30 bits per heavy atom. The van der Waals surface area contributed by atoms with Crippen molar-refractivity contribution in [2.75, 3.05) is 23.8 Å². The molecule has 2 aromatic rings. The van der Waals surface area contributed by atoms with Crippen LogP contribution in [0.4, 0.5) is 0 Å². The van der Waals surface area contributed by atoms with Gasteiger partial charge in [0.2, 0.25) is 0 Å². The van der Waals surface area contributed by atoms with E-state index in [1.54, 1.807) is 11.8 Å². The third-order valence-electron chi connectivity index (χ3n) is 3.28. The third-order valence-corrected chi connectivity index (χ3v) is 5.99. The van der Waals surface area contributed by atoms with E-state index in [0.29, 0.717) is 5.75 Å². The number of nitrogens with one attached hydrogen (secondary N) is 1. The molecule has 1 aliphatic heterocycles. The third kappa shape index (κ3) is 3.13. The molecule has 0 amide bonds. The molecule has 1 atom stereocenters. The average Bonchev–Trinajstić information content (AvgIpc) is 2.98. The molecular weight excluding hydrogens is 296 g/mol. The van der Waals surface area contributed by atoms with Crippen LogP contribution in [0.3, 0.4) is 0 Å². The van der Waals surface area contributed by atoms with Crippen LogP contribution in [0.5, 0.6) is 0 Å². The zero-order valence-electron chi connectivity index (χ0n) is 10.9. The predicted octanol–water partition coefficient (Wildman–Crippen LogP) is 0.598. The number of rotatable bonds is 5. The first kappa shape index (κ1) is 13.8. The fourth-order valence-corrected chi connectivity index (χ4v) is 4.78. The van der Waals surface area contributed by atoms with E-state index in [1.807, 2.05) is 28.8 Å². The highest BCUT2D eigenvalue weighted by molar-refractivity contribution is 7.99. The average molecular weight is 312 g/mol. The number of thioether (sulfide) groups is 1. The Labute approximate surface area is 121 Å². The van der Waals surface area contributed by atoms with Crippen molar-refractivity contribution >= 4 is 27.2 Å². The first-order valence-corrected chi connectivity index (χ1v) is 9.31. The Morgan fingerprint density at radius 1 is 1.40 bits per heavy atom. The minimum Gasteiger partial charge on any atom is -0.312 e. The molecule has 0 saturated carbocycles. The second kappa shape index (κ2) is 5.71. The molecule has 0 radical (unpaired) electrons. The van der Waals surface area contributed by atoms with E-state index < -0.39 is 9.84 Å². The van der Waals surface area contributed by atoms with E-state index in [1.165, 1.54) is 0 Å². The second-order valence-corrected chi connectivity index (χ2v) is 8.10. The van der Waals surface area contributed by atoms with E-state index in [-0.39, 0.29) is 11.8 Å².